The molecule has 2 aromatic heterocycles. The lowest BCUT2D eigenvalue weighted by molar-refractivity contribution is 0.0944. The van der Waals surface area contributed by atoms with Gasteiger partial charge in [-0.1, -0.05) is 25.1 Å². The Morgan fingerprint density at radius 1 is 1.22 bits per heavy atom. The molecule has 3 rings (SSSR count). The Bertz CT molecular complexity index is 853. The summed E-state index contributed by atoms with van der Waals surface area (Å²) >= 11 is 0. The highest BCUT2D eigenvalue weighted by Crippen LogP contribution is 2.15. The second kappa shape index (κ2) is 6.20. The maximum atomic E-state index is 12.9. The summed E-state index contributed by atoms with van der Waals surface area (Å²) in [6.07, 6.45) is 2.59. The molecule has 0 saturated carbocycles. The summed E-state index contributed by atoms with van der Waals surface area (Å²) in [6.45, 7) is 4.30. The normalized spacial score (nSPS) is 10.9. The Morgan fingerprint density at radius 3 is 2.65 bits per heavy atom. The number of hydrogen-bond acceptors (Lipinski definition) is 2. The maximum absolute atomic E-state index is 12.9. The van der Waals surface area contributed by atoms with Gasteiger partial charge in [-0.05, 0) is 42.7 Å². The van der Waals surface area contributed by atoms with E-state index in [-0.39, 0.29) is 11.7 Å². The van der Waals surface area contributed by atoms with Crippen LogP contribution in [0.5, 0.6) is 0 Å². The summed E-state index contributed by atoms with van der Waals surface area (Å²) in [5, 5.41) is 2.88. The SMILES string of the molecule is CCc1nc2ccc(C)cn2c1C(=O)NCc1ccc(F)cc1. The number of aryl methyl sites for hydroxylation is 2. The van der Waals surface area contributed by atoms with Gasteiger partial charge in [0, 0.05) is 12.7 Å². The fourth-order valence-electron chi connectivity index (χ4n) is 2.55. The Hall–Kier alpha value is -2.69. The highest BCUT2D eigenvalue weighted by Gasteiger charge is 2.17. The van der Waals surface area contributed by atoms with Gasteiger partial charge >= 0.3 is 0 Å². The van der Waals surface area contributed by atoms with E-state index in [1.54, 1.807) is 12.1 Å². The van der Waals surface area contributed by atoms with Crippen molar-refractivity contribution >= 4 is 11.6 Å². The number of fused-ring (bicyclic) bond motifs is 1. The summed E-state index contributed by atoms with van der Waals surface area (Å²) in [5.74, 6) is -0.463. The molecular formula is C18H18FN3O. The molecule has 1 aromatic carbocycles. The van der Waals surface area contributed by atoms with Gasteiger partial charge < -0.3 is 5.32 Å². The predicted molar refractivity (Wildman–Crippen MR) is 86.9 cm³/mol. The van der Waals surface area contributed by atoms with Crippen LogP contribution in [0.4, 0.5) is 4.39 Å². The number of amides is 1. The molecule has 0 aliphatic rings. The van der Waals surface area contributed by atoms with Crippen LogP contribution in [0, 0.1) is 12.7 Å². The van der Waals surface area contributed by atoms with Crippen LogP contribution in [0.15, 0.2) is 42.6 Å². The minimum absolute atomic E-state index is 0.177. The smallest absolute Gasteiger partial charge is 0.270 e. The Balaban J connectivity index is 1.87. The van der Waals surface area contributed by atoms with Gasteiger partial charge in [-0.2, -0.15) is 0 Å². The largest absolute Gasteiger partial charge is 0.347 e. The fourth-order valence-corrected chi connectivity index (χ4v) is 2.55. The Kier molecular flexibility index (Phi) is 4.10. The highest BCUT2D eigenvalue weighted by molar-refractivity contribution is 5.94. The second-order valence-corrected chi connectivity index (χ2v) is 5.50. The lowest BCUT2D eigenvalue weighted by Gasteiger charge is -2.07. The van der Waals surface area contributed by atoms with Gasteiger partial charge in [-0.3, -0.25) is 9.20 Å². The van der Waals surface area contributed by atoms with E-state index < -0.39 is 0 Å². The number of nitrogens with zero attached hydrogens (tertiary/aromatic N) is 2. The van der Waals surface area contributed by atoms with E-state index in [2.05, 4.69) is 10.3 Å². The van der Waals surface area contributed by atoms with Crippen molar-refractivity contribution < 1.29 is 9.18 Å². The number of benzene rings is 1. The van der Waals surface area contributed by atoms with Gasteiger partial charge in [0.15, 0.2) is 0 Å². The topological polar surface area (TPSA) is 46.4 Å². The van der Waals surface area contributed by atoms with E-state index in [4.69, 9.17) is 0 Å². The highest BCUT2D eigenvalue weighted by atomic mass is 19.1. The zero-order valence-electron chi connectivity index (χ0n) is 13.1. The van der Waals surface area contributed by atoms with Gasteiger partial charge in [0.05, 0.1) is 5.69 Å². The second-order valence-electron chi connectivity index (χ2n) is 5.50. The first-order chi connectivity index (χ1) is 11.1. The summed E-state index contributed by atoms with van der Waals surface area (Å²) in [4.78, 5) is 17.1. The summed E-state index contributed by atoms with van der Waals surface area (Å²) in [5.41, 5.74) is 4.01. The van der Waals surface area contributed by atoms with Gasteiger partial charge in [0.25, 0.3) is 5.91 Å². The zero-order valence-corrected chi connectivity index (χ0v) is 13.1. The summed E-state index contributed by atoms with van der Waals surface area (Å²) in [6, 6.07) is 9.98. The van der Waals surface area contributed by atoms with Gasteiger partial charge in [-0.25, -0.2) is 9.37 Å². The van der Waals surface area contributed by atoms with Crippen LogP contribution in [0.3, 0.4) is 0 Å². The molecule has 1 amide bonds. The molecule has 2 heterocycles. The molecule has 0 atom stereocenters. The molecule has 23 heavy (non-hydrogen) atoms. The molecule has 118 valence electrons. The number of aromatic nitrogens is 2. The van der Waals surface area contributed by atoms with E-state index in [9.17, 15) is 9.18 Å². The van der Waals surface area contributed by atoms with Crippen LogP contribution < -0.4 is 5.32 Å². The number of pyridine rings is 1. The first-order valence-corrected chi connectivity index (χ1v) is 7.58. The van der Waals surface area contributed by atoms with Crippen molar-refractivity contribution in [2.24, 2.45) is 0 Å². The molecule has 0 bridgehead atoms. The summed E-state index contributed by atoms with van der Waals surface area (Å²) < 4.78 is 14.7. The molecule has 0 aliphatic carbocycles. The minimum atomic E-state index is -0.286. The quantitative estimate of drug-likeness (QED) is 0.804. The molecule has 0 fully saturated rings. The third kappa shape index (κ3) is 3.08. The van der Waals surface area contributed by atoms with E-state index in [1.807, 2.05) is 36.6 Å². The van der Waals surface area contributed by atoms with Gasteiger partial charge in [0.2, 0.25) is 0 Å². The van der Waals surface area contributed by atoms with Crippen LogP contribution >= 0.6 is 0 Å². The van der Waals surface area contributed by atoms with Crippen molar-refractivity contribution in [1.29, 1.82) is 0 Å². The van der Waals surface area contributed by atoms with E-state index in [0.29, 0.717) is 18.7 Å². The van der Waals surface area contributed by atoms with Gasteiger partial charge in [-0.15, -0.1) is 0 Å². The van der Waals surface area contributed by atoms with E-state index >= 15 is 0 Å². The number of carbonyl (C=O) groups is 1. The molecule has 0 aliphatic heterocycles. The van der Waals surface area contributed by atoms with Crippen molar-refractivity contribution in [3.8, 4) is 0 Å². The predicted octanol–water partition coefficient (Wildman–Crippen LogP) is 3.27. The van der Waals surface area contributed by atoms with Crippen molar-refractivity contribution in [3.63, 3.8) is 0 Å². The maximum Gasteiger partial charge on any atom is 0.270 e. The van der Waals surface area contributed by atoms with Crippen LogP contribution in [0.2, 0.25) is 0 Å². The Labute approximate surface area is 134 Å². The Morgan fingerprint density at radius 2 is 1.96 bits per heavy atom. The molecule has 1 N–H and O–H groups in total. The molecule has 0 unspecified atom stereocenters. The number of rotatable bonds is 4. The first kappa shape index (κ1) is 15.2. The average molecular weight is 311 g/mol. The lowest BCUT2D eigenvalue weighted by Crippen LogP contribution is -2.25. The standard InChI is InChI=1S/C18H18FN3O/c1-3-15-17(22-11-12(2)4-9-16(22)21-15)18(23)20-10-13-5-7-14(19)8-6-13/h4-9,11H,3,10H2,1-2H3,(H,20,23). The number of nitrogens with one attached hydrogen (secondary N) is 1. The fraction of sp³-hybridized carbons (Fsp3) is 0.222. The lowest BCUT2D eigenvalue weighted by atomic mass is 10.2. The van der Waals surface area contributed by atoms with Crippen molar-refractivity contribution in [1.82, 2.24) is 14.7 Å². The number of hydrogen-bond donors (Lipinski definition) is 1. The zero-order chi connectivity index (χ0) is 16.4. The number of carbonyl (C=O) groups excluding carboxylic acids is 1. The first-order valence-electron chi connectivity index (χ1n) is 7.58. The molecule has 0 spiro atoms. The van der Waals surface area contributed by atoms with Crippen LogP contribution in [-0.4, -0.2) is 15.3 Å². The molecular weight excluding hydrogens is 293 g/mol. The number of halogens is 1. The van der Waals surface area contributed by atoms with E-state index in [0.717, 1.165) is 22.5 Å². The number of imidazole rings is 1. The van der Waals surface area contributed by atoms with Gasteiger partial charge in [0.1, 0.15) is 17.2 Å². The van der Waals surface area contributed by atoms with Crippen molar-refractivity contribution in [2.45, 2.75) is 26.8 Å². The summed E-state index contributed by atoms with van der Waals surface area (Å²) in [7, 11) is 0. The van der Waals surface area contributed by atoms with Crippen LogP contribution in [0.1, 0.15) is 34.2 Å². The molecule has 0 saturated heterocycles. The van der Waals surface area contributed by atoms with E-state index in [1.165, 1.54) is 12.1 Å². The minimum Gasteiger partial charge on any atom is -0.347 e. The van der Waals surface area contributed by atoms with Crippen LogP contribution in [0.25, 0.3) is 5.65 Å². The molecule has 5 heteroatoms. The van der Waals surface area contributed by atoms with Crippen molar-refractivity contribution in [2.75, 3.05) is 0 Å². The molecule has 3 aromatic rings. The molecule has 0 radical (unpaired) electrons. The third-order valence-electron chi connectivity index (χ3n) is 3.75. The van der Waals surface area contributed by atoms with Crippen molar-refractivity contribution in [3.05, 3.63) is 70.9 Å². The third-order valence-corrected chi connectivity index (χ3v) is 3.75. The molecule has 4 nitrogen and oxygen atoms in total. The monoisotopic (exact) mass is 311 g/mol. The average Bonchev–Trinajstić information content (AvgIpc) is 2.91. The van der Waals surface area contributed by atoms with Crippen LogP contribution in [-0.2, 0) is 13.0 Å².